The molecule has 4 rings (SSSR count). The van der Waals surface area contributed by atoms with Gasteiger partial charge >= 0.3 is 0 Å². The quantitative estimate of drug-likeness (QED) is 0.672. The standard InChI is InChI=1S/C21H21N5O2/c1-26-20(27)18(11-14-8-9-17-16(10-14)12-22-25-17)23-21(26)24-19(13-28-2)15-6-4-3-5-7-15/h3-12,19H,13H2,1-2H3,(H,22,25)(H,23,24)/b18-11-. The first-order valence-electron chi connectivity index (χ1n) is 8.97. The molecule has 0 aliphatic carbocycles. The summed E-state index contributed by atoms with van der Waals surface area (Å²) in [7, 11) is 3.36. The Morgan fingerprint density at radius 2 is 2.07 bits per heavy atom. The zero-order chi connectivity index (χ0) is 19.5. The Kier molecular flexibility index (Phi) is 4.90. The number of aliphatic imine (C=N–C) groups is 1. The van der Waals surface area contributed by atoms with Crippen LogP contribution in [0.1, 0.15) is 17.2 Å². The average molecular weight is 375 g/mol. The number of carbonyl (C=O) groups excluding carboxylic acids is 1. The summed E-state index contributed by atoms with van der Waals surface area (Å²) in [5, 5.41) is 11.3. The van der Waals surface area contributed by atoms with Crippen molar-refractivity contribution in [3.63, 3.8) is 0 Å². The molecule has 1 atom stereocenters. The SMILES string of the molecule is COCC(NC1=N/C(=C\c2ccc3[nH]ncc3c2)C(=O)N1C)c1ccccc1. The van der Waals surface area contributed by atoms with E-state index in [-0.39, 0.29) is 11.9 Å². The summed E-state index contributed by atoms with van der Waals surface area (Å²) in [6, 6.07) is 15.7. The number of carbonyl (C=O) groups is 1. The van der Waals surface area contributed by atoms with E-state index in [1.807, 2.05) is 48.5 Å². The van der Waals surface area contributed by atoms with Gasteiger partial charge in [0.15, 0.2) is 0 Å². The monoisotopic (exact) mass is 375 g/mol. The molecule has 7 nitrogen and oxygen atoms in total. The minimum absolute atomic E-state index is 0.109. The van der Waals surface area contributed by atoms with Crippen LogP contribution in [0.25, 0.3) is 17.0 Å². The van der Waals surface area contributed by atoms with E-state index in [9.17, 15) is 4.79 Å². The van der Waals surface area contributed by atoms with E-state index < -0.39 is 0 Å². The van der Waals surface area contributed by atoms with E-state index in [0.29, 0.717) is 18.3 Å². The first-order valence-corrected chi connectivity index (χ1v) is 8.97. The number of nitrogens with one attached hydrogen (secondary N) is 2. The molecule has 0 bridgehead atoms. The number of ether oxygens (including phenoxy) is 1. The summed E-state index contributed by atoms with van der Waals surface area (Å²) in [6.45, 7) is 0.460. The summed E-state index contributed by atoms with van der Waals surface area (Å²) >= 11 is 0. The fraction of sp³-hybridized carbons (Fsp3) is 0.190. The van der Waals surface area contributed by atoms with Crippen molar-refractivity contribution in [3.8, 4) is 0 Å². The van der Waals surface area contributed by atoms with Crippen molar-refractivity contribution < 1.29 is 9.53 Å². The van der Waals surface area contributed by atoms with E-state index >= 15 is 0 Å². The zero-order valence-corrected chi connectivity index (χ0v) is 15.7. The van der Waals surface area contributed by atoms with Gasteiger partial charge in [0.2, 0.25) is 5.96 Å². The Hall–Kier alpha value is -3.45. The van der Waals surface area contributed by atoms with Crippen molar-refractivity contribution in [2.45, 2.75) is 6.04 Å². The van der Waals surface area contributed by atoms with Gasteiger partial charge in [0, 0.05) is 19.5 Å². The van der Waals surface area contributed by atoms with Crippen LogP contribution in [-0.2, 0) is 9.53 Å². The molecule has 0 saturated heterocycles. The van der Waals surface area contributed by atoms with Gasteiger partial charge in [-0.15, -0.1) is 0 Å². The average Bonchev–Trinajstić information content (AvgIpc) is 3.28. The fourth-order valence-corrected chi connectivity index (χ4v) is 3.17. The molecule has 3 aromatic rings. The number of methoxy groups -OCH3 is 1. The topological polar surface area (TPSA) is 82.6 Å². The summed E-state index contributed by atoms with van der Waals surface area (Å²) in [5.74, 6) is 0.352. The number of amides is 1. The maximum absolute atomic E-state index is 12.7. The van der Waals surface area contributed by atoms with Crippen LogP contribution in [-0.4, -0.2) is 47.7 Å². The molecule has 142 valence electrons. The highest BCUT2D eigenvalue weighted by molar-refractivity contribution is 6.13. The molecule has 1 aromatic heterocycles. The summed E-state index contributed by atoms with van der Waals surface area (Å²) in [5.41, 5.74) is 3.30. The highest BCUT2D eigenvalue weighted by Crippen LogP contribution is 2.21. The molecule has 0 spiro atoms. The van der Waals surface area contributed by atoms with Crippen molar-refractivity contribution in [1.82, 2.24) is 20.4 Å². The van der Waals surface area contributed by atoms with Crippen LogP contribution in [0, 0.1) is 0 Å². The number of rotatable bonds is 5. The van der Waals surface area contributed by atoms with Crippen molar-refractivity contribution in [2.24, 2.45) is 4.99 Å². The van der Waals surface area contributed by atoms with Gasteiger partial charge in [-0.1, -0.05) is 36.4 Å². The highest BCUT2D eigenvalue weighted by Gasteiger charge is 2.28. The molecule has 1 aliphatic heterocycles. The van der Waals surface area contributed by atoms with Crippen LogP contribution in [0.5, 0.6) is 0 Å². The Morgan fingerprint density at radius 1 is 1.25 bits per heavy atom. The Morgan fingerprint density at radius 3 is 2.86 bits per heavy atom. The molecule has 1 unspecified atom stereocenters. The number of likely N-dealkylation sites (N-methyl/N-ethyl adjacent to an activating group) is 1. The second-order valence-electron chi connectivity index (χ2n) is 6.61. The molecular formula is C21H21N5O2. The van der Waals surface area contributed by atoms with Gasteiger partial charge in [0.1, 0.15) is 5.70 Å². The third-order valence-corrected chi connectivity index (χ3v) is 4.67. The van der Waals surface area contributed by atoms with E-state index in [1.54, 1.807) is 26.4 Å². The predicted octanol–water partition coefficient (Wildman–Crippen LogP) is 2.71. The normalized spacial score (nSPS) is 16.6. The van der Waals surface area contributed by atoms with Crippen molar-refractivity contribution >= 4 is 28.8 Å². The van der Waals surface area contributed by atoms with Gasteiger partial charge in [0.25, 0.3) is 5.91 Å². The number of aromatic amines is 1. The van der Waals surface area contributed by atoms with Gasteiger partial charge in [-0.05, 0) is 29.3 Å². The lowest BCUT2D eigenvalue weighted by molar-refractivity contribution is -0.121. The van der Waals surface area contributed by atoms with Crippen LogP contribution in [0.2, 0.25) is 0 Å². The number of hydrogen-bond acceptors (Lipinski definition) is 5. The van der Waals surface area contributed by atoms with Gasteiger partial charge in [0.05, 0.1) is 24.4 Å². The fourth-order valence-electron chi connectivity index (χ4n) is 3.17. The Balaban J connectivity index is 1.61. The molecule has 1 aliphatic rings. The second kappa shape index (κ2) is 7.66. The molecule has 0 fully saturated rings. The van der Waals surface area contributed by atoms with Crippen molar-refractivity contribution in [1.29, 1.82) is 0 Å². The summed E-state index contributed by atoms with van der Waals surface area (Å²) in [4.78, 5) is 18.7. The molecule has 7 heteroatoms. The molecule has 0 radical (unpaired) electrons. The predicted molar refractivity (Wildman–Crippen MR) is 108 cm³/mol. The Labute approximate surface area is 162 Å². The minimum atomic E-state index is -0.154. The maximum Gasteiger partial charge on any atom is 0.279 e. The van der Waals surface area contributed by atoms with Crippen molar-refractivity contribution in [2.75, 3.05) is 20.8 Å². The van der Waals surface area contributed by atoms with Gasteiger partial charge < -0.3 is 10.1 Å². The third kappa shape index (κ3) is 3.52. The molecule has 1 amide bonds. The van der Waals surface area contributed by atoms with Crippen molar-refractivity contribution in [3.05, 3.63) is 71.6 Å². The smallest absolute Gasteiger partial charge is 0.279 e. The second-order valence-corrected chi connectivity index (χ2v) is 6.61. The summed E-state index contributed by atoms with van der Waals surface area (Å²) in [6.07, 6.45) is 3.54. The van der Waals surface area contributed by atoms with Crippen LogP contribution in [0.15, 0.2) is 65.4 Å². The molecular weight excluding hydrogens is 354 g/mol. The number of nitrogens with zero attached hydrogens (tertiary/aromatic N) is 3. The maximum atomic E-state index is 12.7. The minimum Gasteiger partial charge on any atom is -0.382 e. The Bertz CT molecular complexity index is 1050. The number of benzene rings is 2. The van der Waals surface area contributed by atoms with Crippen LogP contribution >= 0.6 is 0 Å². The number of hydrogen-bond donors (Lipinski definition) is 2. The molecule has 0 saturated carbocycles. The number of H-pyrrole nitrogens is 1. The van der Waals surface area contributed by atoms with Crippen LogP contribution in [0.3, 0.4) is 0 Å². The molecule has 2 heterocycles. The summed E-state index contributed by atoms with van der Waals surface area (Å²) < 4.78 is 5.34. The first kappa shape index (κ1) is 17.9. The third-order valence-electron chi connectivity index (χ3n) is 4.67. The highest BCUT2D eigenvalue weighted by atomic mass is 16.5. The van der Waals surface area contributed by atoms with Crippen LogP contribution < -0.4 is 5.32 Å². The first-order chi connectivity index (χ1) is 13.7. The van der Waals surface area contributed by atoms with E-state index in [2.05, 4.69) is 20.5 Å². The number of fused-ring (bicyclic) bond motifs is 1. The molecule has 2 aromatic carbocycles. The molecule has 28 heavy (non-hydrogen) atoms. The lowest BCUT2D eigenvalue weighted by atomic mass is 10.1. The van der Waals surface area contributed by atoms with E-state index in [1.165, 1.54) is 4.90 Å². The lowest BCUT2D eigenvalue weighted by Gasteiger charge is -2.22. The van der Waals surface area contributed by atoms with E-state index in [4.69, 9.17) is 4.74 Å². The van der Waals surface area contributed by atoms with Gasteiger partial charge in [-0.25, -0.2) is 4.99 Å². The van der Waals surface area contributed by atoms with Crippen LogP contribution in [0.4, 0.5) is 0 Å². The number of guanidine groups is 1. The lowest BCUT2D eigenvalue weighted by Crippen LogP contribution is -2.41. The zero-order valence-electron chi connectivity index (χ0n) is 15.7. The van der Waals surface area contributed by atoms with Gasteiger partial charge in [-0.2, -0.15) is 5.10 Å². The van der Waals surface area contributed by atoms with E-state index in [0.717, 1.165) is 22.0 Å². The molecule has 2 N–H and O–H groups in total. The van der Waals surface area contributed by atoms with Gasteiger partial charge in [-0.3, -0.25) is 14.8 Å². The number of aromatic nitrogens is 2. The largest absolute Gasteiger partial charge is 0.382 e.